The molecule has 24 heavy (non-hydrogen) atoms. The number of nitrogens with zero attached hydrogens (tertiary/aromatic N) is 3. The molecular formula is C16H14F3N3OS. The Morgan fingerprint density at radius 1 is 1.25 bits per heavy atom. The van der Waals surface area contributed by atoms with Crippen LogP contribution in [0.4, 0.5) is 18.3 Å². The molecule has 8 heteroatoms. The van der Waals surface area contributed by atoms with Crippen molar-refractivity contribution in [2.45, 2.75) is 24.9 Å². The molecule has 1 atom stereocenters. The minimum absolute atomic E-state index is 0.0596. The fourth-order valence-electron chi connectivity index (χ4n) is 2.96. The molecule has 1 aliphatic heterocycles. The Morgan fingerprint density at radius 3 is 2.83 bits per heavy atom. The second kappa shape index (κ2) is 5.77. The van der Waals surface area contributed by atoms with E-state index in [0.717, 1.165) is 30.1 Å². The molecule has 0 N–H and O–H groups in total. The summed E-state index contributed by atoms with van der Waals surface area (Å²) < 4.78 is 44.1. The maximum absolute atomic E-state index is 12.8. The molecule has 2 aromatic heterocycles. The van der Waals surface area contributed by atoms with Crippen molar-refractivity contribution in [3.05, 3.63) is 41.2 Å². The van der Waals surface area contributed by atoms with Gasteiger partial charge in [0.05, 0.1) is 12.1 Å². The summed E-state index contributed by atoms with van der Waals surface area (Å²) in [6, 6.07) is 7.54. The highest BCUT2D eigenvalue weighted by atomic mass is 32.1. The molecule has 0 amide bonds. The maximum atomic E-state index is 12.8. The van der Waals surface area contributed by atoms with Gasteiger partial charge in [-0.1, -0.05) is 23.5 Å². The Kier molecular flexibility index (Phi) is 3.71. The van der Waals surface area contributed by atoms with Crippen LogP contribution in [0.25, 0.3) is 11.1 Å². The number of oxazole rings is 1. The second-order valence-electron chi connectivity index (χ2n) is 5.81. The van der Waals surface area contributed by atoms with Gasteiger partial charge in [0.1, 0.15) is 10.4 Å². The lowest BCUT2D eigenvalue weighted by molar-refractivity contribution is -0.134. The van der Waals surface area contributed by atoms with Gasteiger partial charge in [0.15, 0.2) is 16.6 Å². The quantitative estimate of drug-likeness (QED) is 0.670. The first-order chi connectivity index (χ1) is 11.5. The molecular weight excluding hydrogens is 339 g/mol. The van der Waals surface area contributed by atoms with Gasteiger partial charge in [-0.25, -0.2) is 9.97 Å². The first-order valence-corrected chi connectivity index (χ1v) is 8.46. The summed E-state index contributed by atoms with van der Waals surface area (Å²) in [5.41, 5.74) is 1.54. The van der Waals surface area contributed by atoms with Crippen LogP contribution in [0.3, 0.4) is 0 Å². The first-order valence-electron chi connectivity index (χ1n) is 7.64. The minimum Gasteiger partial charge on any atom is -0.440 e. The standard InChI is InChI=1S/C16H14F3N3OS/c17-16(18,19)13-8-20-15(24-13)22-7-3-4-10(9-22)14-21-11-5-1-2-6-12(11)23-14/h1-2,5-6,8,10H,3-4,7,9H2. The van der Waals surface area contributed by atoms with Crippen LogP contribution in [0.15, 0.2) is 34.9 Å². The smallest absolute Gasteiger partial charge is 0.427 e. The Hall–Kier alpha value is -2.09. The summed E-state index contributed by atoms with van der Waals surface area (Å²) in [7, 11) is 0. The van der Waals surface area contributed by atoms with Crippen LogP contribution in [0.1, 0.15) is 29.5 Å². The van der Waals surface area contributed by atoms with Gasteiger partial charge in [0, 0.05) is 13.1 Å². The van der Waals surface area contributed by atoms with E-state index in [-0.39, 0.29) is 5.92 Å². The number of piperidine rings is 1. The highest BCUT2D eigenvalue weighted by Crippen LogP contribution is 2.38. The van der Waals surface area contributed by atoms with Crippen molar-refractivity contribution in [2.75, 3.05) is 18.0 Å². The van der Waals surface area contributed by atoms with E-state index in [1.165, 1.54) is 0 Å². The van der Waals surface area contributed by atoms with Gasteiger partial charge in [0.2, 0.25) is 0 Å². The maximum Gasteiger partial charge on any atom is 0.427 e. The van der Waals surface area contributed by atoms with Gasteiger partial charge in [0.25, 0.3) is 0 Å². The topological polar surface area (TPSA) is 42.2 Å². The zero-order valence-electron chi connectivity index (χ0n) is 12.6. The van der Waals surface area contributed by atoms with Crippen LogP contribution in [-0.2, 0) is 6.18 Å². The van der Waals surface area contributed by atoms with Crippen molar-refractivity contribution in [1.82, 2.24) is 9.97 Å². The van der Waals surface area contributed by atoms with Crippen molar-refractivity contribution in [3.63, 3.8) is 0 Å². The van der Waals surface area contributed by atoms with Gasteiger partial charge < -0.3 is 9.32 Å². The molecule has 0 bridgehead atoms. The Morgan fingerprint density at radius 2 is 2.08 bits per heavy atom. The van der Waals surface area contributed by atoms with Crippen LogP contribution in [0, 0.1) is 0 Å². The van der Waals surface area contributed by atoms with E-state index in [1.54, 1.807) is 0 Å². The van der Waals surface area contributed by atoms with E-state index >= 15 is 0 Å². The third-order valence-corrected chi connectivity index (χ3v) is 5.23. The molecule has 1 saturated heterocycles. The predicted molar refractivity (Wildman–Crippen MR) is 85.3 cm³/mol. The fraction of sp³-hybridized carbons (Fsp3) is 0.375. The lowest BCUT2D eigenvalue weighted by atomic mass is 9.98. The fourth-order valence-corrected chi connectivity index (χ4v) is 3.78. The molecule has 3 aromatic rings. The number of thiazole rings is 1. The average Bonchev–Trinajstić information content (AvgIpc) is 3.21. The number of rotatable bonds is 2. The largest absolute Gasteiger partial charge is 0.440 e. The molecule has 0 radical (unpaired) electrons. The molecule has 1 unspecified atom stereocenters. The number of benzene rings is 1. The van der Waals surface area contributed by atoms with Crippen LogP contribution in [0.2, 0.25) is 0 Å². The molecule has 4 rings (SSSR count). The number of fused-ring (bicyclic) bond motifs is 1. The third kappa shape index (κ3) is 2.86. The van der Waals surface area contributed by atoms with E-state index in [4.69, 9.17) is 4.42 Å². The van der Waals surface area contributed by atoms with Gasteiger partial charge >= 0.3 is 6.18 Å². The van der Waals surface area contributed by atoms with Crippen LogP contribution < -0.4 is 4.90 Å². The summed E-state index contributed by atoms with van der Waals surface area (Å²) in [5.74, 6) is 0.706. The van der Waals surface area contributed by atoms with Crippen LogP contribution in [-0.4, -0.2) is 23.1 Å². The molecule has 0 aliphatic carbocycles. The van der Waals surface area contributed by atoms with Crippen molar-refractivity contribution in [3.8, 4) is 0 Å². The number of alkyl halides is 3. The van der Waals surface area contributed by atoms with Crippen molar-refractivity contribution in [2.24, 2.45) is 0 Å². The van der Waals surface area contributed by atoms with Crippen molar-refractivity contribution >= 4 is 27.6 Å². The molecule has 3 heterocycles. The number of para-hydroxylation sites is 2. The summed E-state index contributed by atoms with van der Waals surface area (Å²) in [6.07, 6.45) is -1.67. The lowest BCUT2D eigenvalue weighted by Crippen LogP contribution is -2.34. The SMILES string of the molecule is FC(F)(F)c1cnc(N2CCCC(c3nc4ccccc4o3)C2)s1. The van der Waals surface area contributed by atoms with Crippen LogP contribution in [0.5, 0.6) is 0 Å². The van der Waals surface area contributed by atoms with E-state index in [2.05, 4.69) is 9.97 Å². The van der Waals surface area contributed by atoms with Crippen LogP contribution >= 0.6 is 11.3 Å². The normalized spacial score (nSPS) is 19.1. The third-order valence-electron chi connectivity index (χ3n) is 4.12. The lowest BCUT2D eigenvalue weighted by Gasteiger charge is -2.30. The Bertz CT molecular complexity index is 824. The summed E-state index contributed by atoms with van der Waals surface area (Å²) >= 11 is 0.687. The molecule has 0 saturated carbocycles. The summed E-state index contributed by atoms with van der Waals surface area (Å²) in [6.45, 7) is 1.26. The van der Waals surface area contributed by atoms with E-state index < -0.39 is 11.1 Å². The van der Waals surface area contributed by atoms with E-state index in [9.17, 15) is 13.2 Å². The first kappa shape index (κ1) is 15.4. The molecule has 1 aliphatic rings. The number of hydrogen-bond acceptors (Lipinski definition) is 5. The number of aromatic nitrogens is 2. The number of anilines is 1. The van der Waals surface area contributed by atoms with Gasteiger partial charge in [-0.2, -0.15) is 13.2 Å². The zero-order chi connectivity index (χ0) is 16.7. The van der Waals surface area contributed by atoms with E-state index in [0.29, 0.717) is 35.4 Å². The van der Waals surface area contributed by atoms with Gasteiger partial charge in [-0.15, -0.1) is 0 Å². The predicted octanol–water partition coefficient (Wildman–Crippen LogP) is 4.69. The molecule has 4 nitrogen and oxygen atoms in total. The summed E-state index contributed by atoms with van der Waals surface area (Å²) in [5, 5.41) is 0.406. The Balaban J connectivity index is 1.56. The van der Waals surface area contributed by atoms with Crippen molar-refractivity contribution < 1.29 is 17.6 Å². The number of hydrogen-bond donors (Lipinski definition) is 0. The Labute approximate surface area is 139 Å². The molecule has 0 spiro atoms. The molecule has 126 valence electrons. The highest BCUT2D eigenvalue weighted by molar-refractivity contribution is 7.15. The monoisotopic (exact) mass is 353 g/mol. The zero-order valence-corrected chi connectivity index (χ0v) is 13.4. The highest BCUT2D eigenvalue weighted by Gasteiger charge is 2.35. The van der Waals surface area contributed by atoms with Gasteiger partial charge in [-0.3, -0.25) is 0 Å². The van der Waals surface area contributed by atoms with Gasteiger partial charge in [-0.05, 0) is 25.0 Å². The minimum atomic E-state index is -4.34. The van der Waals surface area contributed by atoms with E-state index in [1.807, 2.05) is 29.2 Å². The number of halogens is 3. The average molecular weight is 353 g/mol. The molecule has 1 aromatic carbocycles. The second-order valence-corrected chi connectivity index (χ2v) is 6.82. The molecule has 1 fully saturated rings. The summed E-state index contributed by atoms with van der Waals surface area (Å²) in [4.78, 5) is 9.70. The van der Waals surface area contributed by atoms with Crippen molar-refractivity contribution in [1.29, 1.82) is 0 Å².